The molecule has 0 saturated heterocycles. The molecule has 1 aromatic carbocycles. The summed E-state index contributed by atoms with van der Waals surface area (Å²) in [5, 5.41) is 18.0. The van der Waals surface area contributed by atoms with Crippen LogP contribution < -0.4 is 4.74 Å². The summed E-state index contributed by atoms with van der Waals surface area (Å²) in [6, 6.07) is 6.43. The molecule has 1 rings (SSSR count). The lowest BCUT2D eigenvalue weighted by Gasteiger charge is -2.17. The number of carbonyl (C=O) groups is 1. The fraction of sp³-hybridized carbons (Fsp3) is 0.385. The highest BCUT2D eigenvalue weighted by molar-refractivity contribution is 6.31. The molecule has 96 valence electrons. The first-order valence-corrected chi connectivity index (χ1v) is 5.91. The van der Waals surface area contributed by atoms with Gasteiger partial charge in [0.2, 0.25) is 0 Å². The molecule has 0 amide bonds. The summed E-state index contributed by atoms with van der Waals surface area (Å²) in [6.07, 6.45) is -0.499. The van der Waals surface area contributed by atoms with E-state index in [-0.39, 0.29) is 10.9 Å². The average molecular weight is 268 g/mol. The number of ether oxygens (including phenoxy) is 1. The molecular weight excluding hydrogens is 254 g/mol. The summed E-state index contributed by atoms with van der Waals surface area (Å²) < 4.78 is 5.37. The van der Waals surface area contributed by atoms with Crippen molar-refractivity contribution in [3.8, 4) is 11.8 Å². The third-order valence-electron chi connectivity index (χ3n) is 2.30. The zero-order chi connectivity index (χ0) is 13.7. The molecule has 0 aromatic heterocycles. The lowest BCUT2D eigenvalue weighted by atomic mass is 10.1. The van der Waals surface area contributed by atoms with Crippen LogP contribution in [0, 0.1) is 17.2 Å². The minimum absolute atomic E-state index is 0.208. The number of rotatable bonds is 5. The maximum Gasteiger partial charge on any atom is 0.344 e. The molecule has 5 heteroatoms. The topological polar surface area (TPSA) is 70.3 Å². The maximum atomic E-state index is 11.0. The fourth-order valence-corrected chi connectivity index (χ4v) is 1.66. The molecule has 1 N–H and O–H groups in total. The van der Waals surface area contributed by atoms with Gasteiger partial charge in [0.25, 0.3) is 0 Å². The molecule has 18 heavy (non-hydrogen) atoms. The summed E-state index contributed by atoms with van der Waals surface area (Å²) in [6.45, 7) is 3.84. The van der Waals surface area contributed by atoms with E-state index >= 15 is 0 Å². The Morgan fingerprint density at radius 1 is 1.56 bits per heavy atom. The number of aliphatic carboxylic acids is 1. The number of hydrogen-bond acceptors (Lipinski definition) is 3. The lowest BCUT2D eigenvalue weighted by Crippen LogP contribution is -2.28. The molecule has 0 fully saturated rings. The van der Waals surface area contributed by atoms with Gasteiger partial charge in [-0.15, -0.1) is 0 Å². The molecule has 0 aliphatic carbocycles. The average Bonchev–Trinajstić information content (AvgIpc) is 2.27. The molecule has 0 heterocycles. The van der Waals surface area contributed by atoms with Gasteiger partial charge in [-0.25, -0.2) is 4.79 Å². The normalized spacial score (nSPS) is 11.9. The first-order valence-electron chi connectivity index (χ1n) is 5.53. The van der Waals surface area contributed by atoms with E-state index in [1.54, 1.807) is 6.07 Å². The summed E-state index contributed by atoms with van der Waals surface area (Å²) in [5.74, 6) is -0.448. The molecular formula is C13H14ClNO3. The van der Waals surface area contributed by atoms with Gasteiger partial charge in [-0.05, 0) is 24.5 Å². The standard InChI is InChI=1S/C13H14ClNO3/c1-8(2)5-12(13(16)17)18-10-4-3-9(7-15)11(14)6-10/h3-4,6,8,12H,5H2,1-2H3,(H,16,17)/t12-/m1/s1. The first kappa shape index (κ1) is 14.3. The molecule has 0 bridgehead atoms. The van der Waals surface area contributed by atoms with Crippen molar-refractivity contribution >= 4 is 17.6 Å². The van der Waals surface area contributed by atoms with E-state index in [9.17, 15) is 4.79 Å². The van der Waals surface area contributed by atoms with Gasteiger partial charge in [0.1, 0.15) is 11.8 Å². The van der Waals surface area contributed by atoms with Crippen LogP contribution in [-0.4, -0.2) is 17.2 Å². The molecule has 1 atom stereocenters. The largest absolute Gasteiger partial charge is 0.479 e. The Morgan fingerprint density at radius 3 is 2.67 bits per heavy atom. The van der Waals surface area contributed by atoms with Crippen LogP contribution in [0.5, 0.6) is 5.75 Å². The summed E-state index contributed by atoms with van der Waals surface area (Å²) in [5.41, 5.74) is 0.333. The van der Waals surface area contributed by atoms with Gasteiger partial charge >= 0.3 is 5.97 Å². The van der Waals surface area contributed by atoms with Crippen molar-refractivity contribution in [3.63, 3.8) is 0 Å². The number of hydrogen-bond donors (Lipinski definition) is 1. The second-order valence-corrected chi connectivity index (χ2v) is 4.73. The van der Waals surface area contributed by atoms with Crippen LogP contribution in [0.1, 0.15) is 25.8 Å². The monoisotopic (exact) mass is 267 g/mol. The minimum Gasteiger partial charge on any atom is -0.479 e. The maximum absolute atomic E-state index is 11.0. The third-order valence-corrected chi connectivity index (χ3v) is 2.61. The zero-order valence-corrected chi connectivity index (χ0v) is 10.9. The Bertz CT molecular complexity index is 480. The van der Waals surface area contributed by atoms with Crippen LogP contribution in [-0.2, 0) is 4.79 Å². The Balaban J connectivity index is 2.85. The van der Waals surface area contributed by atoms with Gasteiger partial charge in [0.05, 0.1) is 10.6 Å². The van der Waals surface area contributed by atoms with Crippen molar-refractivity contribution in [1.29, 1.82) is 5.26 Å². The predicted molar refractivity (Wildman–Crippen MR) is 67.7 cm³/mol. The van der Waals surface area contributed by atoms with Crippen molar-refractivity contribution in [3.05, 3.63) is 28.8 Å². The second kappa shape index (κ2) is 6.27. The molecule has 1 aromatic rings. The lowest BCUT2D eigenvalue weighted by molar-refractivity contribution is -0.145. The van der Waals surface area contributed by atoms with Gasteiger partial charge < -0.3 is 9.84 Å². The smallest absolute Gasteiger partial charge is 0.344 e. The van der Waals surface area contributed by atoms with Crippen LogP contribution in [0.15, 0.2) is 18.2 Å². The van der Waals surface area contributed by atoms with Crippen molar-refractivity contribution in [2.24, 2.45) is 5.92 Å². The van der Waals surface area contributed by atoms with Crippen molar-refractivity contribution < 1.29 is 14.6 Å². The first-order chi connectivity index (χ1) is 8.43. The highest BCUT2D eigenvalue weighted by Gasteiger charge is 2.21. The zero-order valence-electron chi connectivity index (χ0n) is 10.2. The van der Waals surface area contributed by atoms with E-state index in [1.807, 2.05) is 19.9 Å². The molecule has 4 nitrogen and oxygen atoms in total. The highest BCUT2D eigenvalue weighted by atomic mass is 35.5. The summed E-state index contributed by atoms with van der Waals surface area (Å²) in [4.78, 5) is 11.0. The van der Waals surface area contributed by atoms with Crippen LogP contribution >= 0.6 is 11.6 Å². The van der Waals surface area contributed by atoms with Crippen LogP contribution in [0.25, 0.3) is 0 Å². The van der Waals surface area contributed by atoms with E-state index in [0.717, 1.165) is 0 Å². The molecule has 0 saturated carbocycles. The van der Waals surface area contributed by atoms with Gasteiger partial charge in [0, 0.05) is 6.07 Å². The minimum atomic E-state index is -1.01. The highest BCUT2D eigenvalue weighted by Crippen LogP contribution is 2.23. The van der Waals surface area contributed by atoms with Gasteiger partial charge in [-0.2, -0.15) is 5.26 Å². The number of carboxylic acid groups (broad SMARTS) is 1. The number of benzene rings is 1. The van der Waals surface area contributed by atoms with Gasteiger partial charge in [0.15, 0.2) is 6.10 Å². The van der Waals surface area contributed by atoms with E-state index in [2.05, 4.69) is 0 Å². The Labute approximate surface area is 111 Å². The van der Waals surface area contributed by atoms with Gasteiger partial charge in [-0.1, -0.05) is 25.4 Å². The molecule has 0 aliphatic heterocycles. The second-order valence-electron chi connectivity index (χ2n) is 4.33. The van der Waals surface area contributed by atoms with E-state index in [4.69, 9.17) is 26.7 Å². The molecule has 0 radical (unpaired) electrons. The Morgan fingerprint density at radius 2 is 2.22 bits per heavy atom. The Kier molecular flexibility index (Phi) is 4.99. The number of carboxylic acids is 1. The van der Waals surface area contributed by atoms with Crippen molar-refractivity contribution in [2.45, 2.75) is 26.4 Å². The number of halogens is 1. The molecule has 0 aliphatic rings. The van der Waals surface area contributed by atoms with Gasteiger partial charge in [-0.3, -0.25) is 0 Å². The molecule has 0 spiro atoms. The number of nitrogens with zero attached hydrogens (tertiary/aromatic N) is 1. The van der Waals surface area contributed by atoms with E-state index in [1.165, 1.54) is 12.1 Å². The summed E-state index contributed by atoms with van der Waals surface area (Å²) in [7, 11) is 0. The van der Waals surface area contributed by atoms with Crippen LogP contribution in [0.4, 0.5) is 0 Å². The van der Waals surface area contributed by atoms with Crippen molar-refractivity contribution in [2.75, 3.05) is 0 Å². The predicted octanol–water partition coefficient (Wildman–Crippen LogP) is 3.09. The van der Waals surface area contributed by atoms with E-state index < -0.39 is 12.1 Å². The quantitative estimate of drug-likeness (QED) is 0.890. The number of nitriles is 1. The van der Waals surface area contributed by atoms with Crippen molar-refractivity contribution in [1.82, 2.24) is 0 Å². The van der Waals surface area contributed by atoms with Crippen LogP contribution in [0.3, 0.4) is 0 Å². The van der Waals surface area contributed by atoms with Crippen LogP contribution in [0.2, 0.25) is 5.02 Å². The summed E-state index contributed by atoms with van der Waals surface area (Å²) >= 11 is 5.85. The fourth-order valence-electron chi connectivity index (χ4n) is 1.45. The third kappa shape index (κ3) is 3.94. The van der Waals surface area contributed by atoms with E-state index in [0.29, 0.717) is 17.7 Å². The SMILES string of the molecule is CC(C)C[C@@H](Oc1ccc(C#N)c(Cl)c1)C(=O)O. The Hall–Kier alpha value is -1.73. The molecule has 0 unspecified atom stereocenters.